The van der Waals surface area contributed by atoms with Crippen molar-refractivity contribution in [3.8, 4) is 0 Å². The van der Waals surface area contributed by atoms with E-state index in [0.717, 1.165) is 47.5 Å². The van der Waals surface area contributed by atoms with Crippen molar-refractivity contribution >= 4 is 23.3 Å². The van der Waals surface area contributed by atoms with E-state index in [-0.39, 0.29) is 12.0 Å². The number of carbonyl (C=O) groups is 2. The number of rotatable bonds is 4. The molecule has 0 radical (unpaired) electrons. The van der Waals surface area contributed by atoms with E-state index in [9.17, 15) is 9.59 Å². The first-order valence-corrected chi connectivity index (χ1v) is 9.64. The van der Waals surface area contributed by atoms with Crippen LogP contribution in [0.5, 0.6) is 0 Å². The van der Waals surface area contributed by atoms with Crippen molar-refractivity contribution in [3.05, 3.63) is 77.4 Å². The molecule has 2 unspecified atom stereocenters. The molecule has 1 heterocycles. The average Bonchev–Trinajstić information content (AvgIpc) is 3.12. The van der Waals surface area contributed by atoms with Crippen LogP contribution >= 0.6 is 0 Å². The van der Waals surface area contributed by atoms with Crippen LogP contribution in [0.1, 0.15) is 29.2 Å². The fraction of sp³-hybridized carbons (Fsp3) is 0.261. The summed E-state index contributed by atoms with van der Waals surface area (Å²) in [7, 11) is 3.97. The molecule has 2 atom stereocenters. The maximum Gasteiger partial charge on any atom is 0.328 e. The number of aliphatic carboxylic acids is 1. The van der Waals surface area contributed by atoms with Crippen LogP contribution in [0.25, 0.3) is 0 Å². The first-order valence-electron chi connectivity index (χ1n) is 9.64. The van der Waals surface area contributed by atoms with Gasteiger partial charge in [0.2, 0.25) is 0 Å². The Kier molecular flexibility index (Phi) is 4.92. The molecule has 4 rings (SSSR count). The lowest BCUT2D eigenvalue weighted by atomic mass is 9.77. The van der Waals surface area contributed by atoms with Gasteiger partial charge in [-0.3, -0.25) is 4.79 Å². The van der Waals surface area contributed by atoms with Crippen LogP contribution in [-0.4, -0.2) is 41.8 Å². The fourth-order valence-electron chi connectivity index (χ4n) is 4.17. The molecule has 1 aliphatic carbocycles. The first kappa shape index (κ1) is 18.9. The van der Waals surface area contributed by atoms with Crippen molar-refractivity contribution in [2.75, 3.05) is 19.0 Å². The molecule has 1 amide bonds. The van der Waals surface area contributed by atoms with E-state index in [1.807, 2.05) is 61.5 Å². The zero-order valence-electron chi connectivity index (χ0n) is 16.4. The van der Waals surface area contributed by atoms with Crippen molar-refractivity contribution in [2.45, 2.75) is 18.9 Å². The normalized spacial score (nSPS) is 20.2. The summed E-state index contributed by atoms with van der Waals surface area (Å²) in [4.78, 5) is 25.7. The van der Waals surface area contributed by atoms with Crippen LogP contribution in [-0.2, 0) is 16.0 Å². The van der Waals surface area contributed by atoms with Gasteiger partial charge in [0.1, 0.15) is 0 Å². The number of nitrogens with zero attached hydrogens (tertiary/aromatic N) is 3. The Bertz CT molecular complexity index is 1010. The molecule has 148 valence electrons. The lowest BCUT2D eigenvalue weighted by Crippen LogP contribution is -2.31. The van der Waals surface area contributed by atoms with Gasteiger partial charge < -0.3 is 10.0 Å². The topological polar surface area (TPSA) is 73.2 Å². The number of hydrogen-bond acceptors (Lipinski definition) is 4. The van der Waals surface area contributed by atoms with Gasteiger partial charge in [-0.2, -0.15) is 5.10 Å². The standard InChI is InChI=1S/C23H23N3O3/c1-25(2)17-10-7-16(8-11-17)23-19-12-9-15-5-3-4-6-18(15)22(19)24-26(23)20(27)13-14-21(28)29/h3-8,10-11,13-14,19,23H,9,12H2,1-2H3,(H,28,29)/b14-13-. The van der Waals surface area contributed by atoms with Crippen LogP contribution < -0.4 is 4.90 Å². The number of benzene rings is 2. The summed E-state index contributed by atoms with van der Waals surface area (Å²) in [6.07, 6.45) is 3.77. The summed E-state index contributed by atoms with van der Waals surface area (Å²) in [5.41, 5.74) is 5.29. The second-order valence-corrected chi connectivity index (χ2v) is 7.57. The van der Waals surface area contributed by atoms with Crippen molar-refractivity contribution < 1.29 is 14.7 Å². The SMILES string of the molecule is CN(C)c1ccc(C2C3CCc4ccccc4C3=NN2C(=O)/C=C\C(=O)O)cc1. The van der Waals surface area contributed by atoms with E-state index in [1.54, 1.807) is 0 Å². The van der Waals surface area contributed by atoms with Crippen molar-refractivity contribution in [2.24, 2.45) is 11.0 Å². The zero-order valence-corrected chi connectivity index (χ0v) is 16.4. The Balaban J connectivity index is 1.76. The number of amides is 1. The molecule has 0 fully saturated rings. The Morgan fingerprint density at radius 2 is 1.83 bits per heavy atom. The van der Waals surface area contributed by atoms with Gasteiger partial charge in [0.25, 0.3) is 5.91 Å². The number of carboxylic acids is 1. The quantitative estimate of drug-likeness (QED) is 0.815. The van der Waals surface area contributed by atoms with Crippen LogP contribution in [0.4, 0.5) is 5.69 Å². The smallest absolute Gasteiger partial charge is 0.328 e. The molecule has 1 aliphatic heterocycles. The summed E-state index contributed by atoms with van der Waals surface area (Å²) in [6.45, 7) is 0. The Hall–Kier alpha value is -3.41. The van der Waals surface area contributed by atoms with E-state index in [2.05, 4.69) is 6.07 Å². The van der Waals surface area contributed by atoms with Crippen LogP contribution in [0.3, 0.4) is 0 Å². The molecule has 2 aromatic rings. The van der Waals surface area contributed by atoms with Gasteiger partial charge in [-0.15, -0.1) is 0 Å². The number of fused-ring (bicyclic) bond motifs is 3. The van der Waals surface area contributed by atoms with Gasteiger partial charge in [0.05, 0.1) is 11.8 Å². The zero-order chi connectivity index (χ0) is 20.5. The van der Waals surface area contributed by atoms with Gasteiger partial charge in [0, 0.05) is 43.4 Å². The minimum atomic E-state index is -1.15. The molecular weight excluding hydrogens is 366 g/mol. The summed E-state index contributed by atoms with van der Waals surface area (Å²) in [6, 6.07) is 16.0. The maximum atomic E-state index is 12.8. The number of anilines is 1. The summed E-state index contributed by atoms with van der Waals surface area (Å²) >= 11 is 0. The van der Waals surface area contributed by atoms with Crippen LogP contribution in [0.15, 0.2) is 65.8 Å². The van der Waals surface area contributed by atoms with Gasteiger partial charge in [-0.05, 0) is 36.1 Å². The van der Waals surface area contributed by atoms with E-state index in [4.69, 9.17) is 10.2 Å². The molecule has 0 bridgehead atoms. The molecule has 0 saturated carbocycles. The predicted octanol–water partition coefficient (Wildman–Crippen LogP) is 3.24. The Morgan fingerprint density at radius 1 is 1.10 bits per heavy atom. The molecular formula is C23H23N3O3. The molecule has 1 N–H and O–H groups in total. The highest BCUT2D eigenvalue weighted by Gasteiger charge is 2.43. The van der Waals surface area contributed by atoms with E-state index >= 15 is 0 Å². The third kappa shape index (κ3) is 3.53. The number of aryl methyl sites for hydroxylation is 1. The van der Waals surface area contributed by atoms with Crippen molar-refractivity contribution in [1.82, 2.24) is 5.01 Å². The number of carboxylic acid groups (broad SMARTS) is 1. The third-order valence-electron chi connectivity index (χ3n) is 5.57. The largest absolute Gasteiger partial charge is 0.478 e. The molecule has 0 spiro atoms. The highest BCUT2D eigenvalue weighted by molar-refractivity contribution is 6.07. The summed E-state index contributed by atoms with van der Waals surface area (Å²) in [5.74, 6) is -1.49. The summed E-state index contributed by atoms with van der Waals surface area (Å²) in [5, 5.41) is 15.1. The van der Waals surface area contributed by atoms with Gasteiger partial charge in [-0.1, -0.05) is 36.4 Å². The van der Waals surface area contributed by atoms with Crippen LogP contribution in [0.2, 0.25) is 0 Å². The van der Waals surface area contributed by atoms with Gasteiger partial charge >= 0.3 is 5.97 Å². The highest BCUT2D eigenvalue weighted by Crippen LogP contribution is 2.43. The number of hydrazone groups is 1. The molecule has 0 saturated heterocycles. The monoisotopic (exact) mass is 389 g/mol. The van der Waals surface area contributed by atoms with E-state index < -0.39 is 11.9 Å². The lowest BCUT2D eigenvalue weighted by molar-refractivity contribution is -0.132. The van der Waals surface area contributed by atoms with E-state index in [0.29, 0.717) is 0 Å². The minimum Gasteiger partial charge on any atom is -0.478 e. The second-order valence-electron chi connectivity index (χ2n) is 7.57. The first-order chi connectivity index (χ1) is 14.0. The number of hydrogen-bond donors (Lipinski definition) is 1. The predicted molar refractivity (Wildman–Crippen MR) is 112 cm³/mol. The Morgan fingerprint density at radius 3 is 2.52 bits per heavy atom. The van der Waals surface area contributed by atoms with E-state index in [1.165, 1.54) is 10.6 Å². The molecule has 6 heteroatoms. The van der Waals surface area contributed by atoms with Crippen LogP contribution in [0, 0.1) is 5.92 Å². The van der Waals surface area contributed by atoms with Crippen molar-refractivity contribution in [1.29, 1.82) is 0 Å². The maximum absolute atomic E-state index is 12.8. The average molecular weight is 389 g/mol. The molecule has 29 heavy (non-hydrogen) atoms. The summed E-state index contributed by atoms with van der Waals surface area (Å²) < 4.78 is 0. The van der Waals surface area contributed by atoms with Gasteiger partial charge in [-0.25, -0.2) is 9.80 Å². The fourth-order valence-corrected chi connectivity index (χ4v) is 4.17. The molecule has 6 nitrogen and oxygen atoms in total. The molecule has 2 aromatic carbocycles. The van der Waals surface area contributed by atoms with Crippen molar-refractivity contribution in [3.63, 3.8) is 0 Å². The lowest BCUT2D eigenvalue weighted by Gasteiger charge is -2.29. The number of carbonyl (C=O) groups excluding carboxylic acids is 1. The van der Waals surface area contributed by atoms with Gasteiger partial charge in [0.15, 0.2) is 0 Å². The minimum absolute atomic E-state index is 0.0808. The second kappa shape index (κ2) is 7.54. The highest BCUT2D eigenvalue weighted by atomic mass is 16.4. The molecule has 2 aliphatic rings. The third-order valence-corrected chi connectivity index (χ3v) is 5.57. The molecule has 0 aromatic heterocycles. The Labute approximate surface area is 169 Å².